The molecule has 20 heavy (non-hydrogen) atoms. The highest BCUT2D eigenvalue weighted by molar-refractivity contribution is 5.56. The van der Waals surface area contributed by atoms with E-state index in [1.807, 2.05) is 0 Å². The van der Waals surface area contributed by atoms with E-state index in [-0.39, 0.29) is 0 Å². The van der Waals surface area contributed by atoms with Crippen LogP contribution < -0.4 is 10.2 Å². The van der Waals surface area contributed by atoms with Gasteiger partial charge in [0.05, 0.1) is 12.6 Å². The molecule has 2 aliphatic heterocycles. The van der Waals surface area contributed by atoms with Crippen molar-refractivity contribution >= 4 is 5.69 Å². The van der Waals surface area contributed by atoms with Gasteiger partial charge in [-0.3, -0.25) is 0 Å². The van der Waals surface area contributed by atoms with Gasteiger partial charge in [0.2, 0.25) is 0 Å². The molecular weight excluding hydrogens is 248 g/mol. The zero-order valence-electron chi connectivity index (χ0n) is 12.1. The lowest BCUT2D eigenvalue weighted by atomic mass is 9.96. The third kappa shape index (κ3) is 2.13. The number of hydrogen-bond acceptors (Lipinski definition) is 3. The standard InChI is InChI=1S/C17H24N2O/c1-2-6-16-14(5-1)11-18-17(8-3-4-9-17)13-19(16)15-7-10-20-12-15/h1-2,5-6,15,18H,3-4,7-13H2. The minimum atomic E-state index is 0.335. The first-order chi connectivity index (χ1) is 9.86. The van der Waals surface area contributed by atoms with Crippen LogP contribution in [0.2, 0.25) is 0 Å². The molecule has 1 spiro atoms. The molecule has 3 heteroatoms. The second-order valence-corrected chi connectivity index (χ2v) is 6.62. The number of para-hydroxylation sites is 1. The number of hydrogen-bond donors (Lipinski definition) is 1. The quantitative estimate of drug-likeness (QED) is 0.850. The fourth-order valence-corrected chi connectivity index (χ4v) is 4.17. The van der Waals surface area contributed by atoms with Crippen molar-refractivity contribution in [2.45, 2.75) is 50.2 Å². The smallest absolute Gasteiger partial charge is 0.0670 e. The van der Waals surface area contributed by atoms with Crippen molar-refractivity contribution in [1.82, 2.24) is 5.32 Å². The van der Waals surface area contributed by atoms with Gasteiger partial charge >= 0.3 is 0 Å². The summed E-state index contributed by atoms with van der Waals surface area (Å²) in [5.41, 5.74) is 3.21. The molecule has 108 valence electrons. The summed E-state index contributed by atoms with van der Waals surface area (Å²) in [7, 11) is 0. The molecule has 0 amide bonds. The Kier molecular flexibility index (Phi) is 3.20. The van der Waals surface area contributed by atoms with Crippen LogP contribution in [0.5, 0.6) is 0 Å². The molecule has 0 aromatic heterocycles. The van der Waals surface area contributed by atoms with Crippen LogP contribution in [0.15, 0.2) is 24.3 Å². The number of fused-ring (bicyclic) bond motifs is 1. The maximum atomic E-state index is 5.66. The first-order valence-electron chi connectivity index (χ1n) is 8.04. The van der Waals surface area contributed by atoms with Gasteiger partial charge in [0.15, 0.2) is 0 Å². The number of benzene rings is 1. The second kappa shape index (κ2) is 5.05. The molecule has 3 aliphatic rings. The molecule has 1 aromatic rings. The van der Waals surface area contributed by atoms with Crippen LogP contribution in [0.3, 0.4) is 0 Å². The molecule has 1 aliphatic carbocycles. The lowest BCUT2D eigenvalue weighted by molar-refractivity contribution is 0.192. The highest BCUT2D eigenvalue weighted by Crippen LogP contribution is 2.37. The number of nitrogens with one attached hydrogen (secondary N) is 1. The average Bonchev–Trinajstić information content (AvgIpc) is 3.12. The van der Waals surface area contributed by atoms with Gasteiger partial charge in [-0.05, 0) is 30.9 Å². The van der Waals surface area contributed by atoms with Crippen LogP contribution in [0.25, 0.3) is 0 Å². The summed E-state index contributed by atoms with van der Waals surface area (Å²) in [5.74, 6) is 0. The van der Waals surface area contributed by atoms with Gasteiger partial charge in [-0.1, -0.05) is 31.0 Å². The molecule has 1 saturated heterocycles. The zero-order chi connectivity index (χ0) is 13.4. The predicted molar refractivity (Wildman–Crippen MR) is 81.1 cm³/mol. The number of ether oxygens (including phenoxy) is 1. The molecule has 2 heterocycles. The van der Waals surface area contributed by atoms with E-state index in [4.69, 9.17) is 4.74 Å². The molecule has 0 bridgehead atoms. The van der Waals surface area contributed by atoms with Gasteiger partial charge in [0.1, 0.15) is 0 Å². The predicted octanol–water partition coefficient (Wildman–Crippen LogP) is 2.70. The summed E-state index contributed by atoms with van der Waals surface area (Å²) in [4.78, 5) is 2.65. The summed E-state index contributed by atoms with van der Waals surface area (Å²) < 4.78 is 5.66. The highest BCUT2D eigenvalue weighted by atomic mass is 16.5. The van der Waals surface area contributed by atoms with E-state index in [0.717, 1.165) is 26.3 Å². The number of anilines is 1. The van der Waals surface area contributed by atoms with E-state index in [1.54, 1.807) is 0 Å². The third-order valence-electron chi connectivity index (χ3n) is 5.33. The van der Waals surface area contributed by atoms with Crippen molar-refractivity contribution in [1.29, 1.82) is 0 Å². The first kappa shape index (κ1) is 12.7. The Morgan fingerprint density at radius 3 is 2.85 bits per heavy atom. The van der Waals surface area contributed by atoms with Crippen molar-refractivity contribution in [3.8, 4) is 0 Å². The third-order valence-corrected chi connectivity index (χ3v) is 5.33. The van der Waals surface area contributed by atoms with Crippen molar-refractivity contribution in [2.24, 2.45) is 0 Å². The summed E-state index contributed by atoms with van der Waals surface area (Å²) in [5, 5.41) is 3.88. The monoisotopic (exact) mass is 272 g/mol. The van der Waals surface area contributed by atoms with E-state index in [1.165, 1.54) is 43.4 Å². The summed E-state index contributed by atoms with van der Waals surface area (Å²) in [6.45, 7) is 3.98. The van der Waals surface area contributed by atoms with E-state index >= 15 is 0 Å². The van der Waals surface area contributed by atoms with Gasteiger partial charge in [-0.25, -0.2) is 0 Å². The molecular formula is C17H24N2O. The van der Waals surface area contributed by atoms with Gasteiger partial charge in [0.25, 0.3) is 0 Å². The number of nitrogens with zero attached hydrogens (tertiary/aromatic N) is 1. The topological polar surface area (TPSA) is 24.5 Å². The summed E-state index contributed by atoms with van der Waals surface area (Å²) in [6.07, 6.45) is 6.57. The Hall–Kier alpha value is -1.06. The van der Waals surface area contributed by atoms with Crippen LogP contribution >= 0.6 is 0 Å². The second-order valence-electron chi connectivity index (χ2n) is 6.62. The van der Waals surface area contributed by atoms with Crippen LogP contribution in [0, 0.1) is 0 Å². The lowest BCUT2D eigenvalue weighted by Gasteiger charge is -2.37. The van der Waals surface area contributed by atoms with Crippen molar-refractivity contribution in [3.05, 3.63) is 29.8 Å². The normalized spacial score (nSPS) is 28.6. The van der Waals surface area contributed by atoms with Crippen LogP contribution in [0.1, 0.15) is 37.7 Å². The zero-order valence-corrected chi connectivity index (χ0v) is 12.1. The fraction of sp³-hybridized carbons (Fsp3) is 0.647. The largest absolute Gasteiger partial charge is 0.379 e. The van der Waals surface area contributed by atoms with Crippen LogP contribution in [-0.2, 0) is 11.3 Å². The molecule has 1 saturated carbocycles. The summed E-state index contributed by atoms with van der Waals surface area (Å²) >= 11 is 0. The molecule has 3 nitrogen and oxygen atoms in total. The Balaban J connectivity index is 1.70. The van der Waals surface area contributed by atoms with Gasteiger partial charge in [-0.15, -0.1) is 0 Å². The Morgan fingerprint density at radius 2 is 2.05 bits per heavy atom. The van der Waals surface area contributed by atoms with Crippen molar-refractivity contribution < 1.29 is 4.74 Å². The Bertz CT molecular complexity index is 476. The van der Waals surface area contributed by atoms with E-state index in [9.17, 15) is 0 Å². The van der Waals surface area contributed by atoms with E-state index in [0.29, 0.717) is 11.6 Å². The Morgan fingerprint density at radius 1 is 1.20 bits per heavy atom. The van der Waals surface area contributed by atoms with Gasteiger partial charge in [0, 0.05) is 30.9 Å². The molecule has 1 aromatic carbocycles. The van der Waals surface area contributed by atoms with Crippen LogP contribution in [0.4, 0.5) is 5.69 Å². The van der Waals surface area contributed by atoms with Gasteiger partial charge in [-0.2, -0.15) is 0 Å². The minimum absolute atomic E-state index is 0.335. The van der Waals surface area contributed by atoms with E-state index < -0.39 is 0 Å². The lowest BCUT2D eigenvalue weighted by Crippen LogP contribution is -2.52. The van der Waals surface area contributed by atoms with E-state index in [2.05, 4.69) is 34.5 Å². The molecule has 0 radical (unpaired) electrons. The average molecular weight is 272 g/mol. The Labute approximate surface area is 121 Å². The van der Waals surface area contributed by atoms with Gasteiger partial charge < -0.3 is 15.0 Å². The number of rotatable bonds is 1. The van der Waals surface area contributed by atoms with Crippen molar-refractivity contribution in [3.63, 3.8) is 0 Å². The first-order valence-corrected chi connectivity index (χ1v) is 8.04. The molecule has 1 N–H and O–H groups in total. The molecule has 1 unspecified atom stereocenters. The maximum Gasteiger partial charge on any atom is 0.0670 e. The van der Waals surface area contributed by atoms with Crippen LogP contribution in [-0.4, -0.2) is 31.3 Å². The fourth-order valence-electron chi connectivity index (χ4n) is 4.17. The van der Waals surface area contributed by atoms with Crippen molar-refractivity contribution in [2.75, 3.05) is 24.7 Å². The SMILES string of the molecule is c1ccc2c(c1)CNC1(CCCC1)CN2C1CCOC1. The molecule has 4 rings (SSSR count). The molecule has 1 atom stereocenters. The highest BCUT2D eigenvalue weighted by Gasteiger charge is 2.40. The summed E-state index contributed by atoms with van der Waals surface area (Å²) in [6, 6.07) is 9.47. The minimum Gasteiger partial charge on any atom is -0.379 e. The molecule has 2 fully saturated rings. The maximum absolute atomic E-state index is 5.66.